The Labute approximate surface area is 116 Å². The Kier molecular flexibility index (Phi) is 3.70. The Morgan fingerprint density at radius 1 is 1.10 bits per heavy atom. The number of aryl methyl sites for hydroxylation is 3. The molecule has 2 aromatic rings. The van der Waals surface area contributed by atoms with E-state index in [1.165, 1.54) is 24.0 Å². The molecule has 104 valence electrons. The van der Waals surface area contributed by atoms with E-state index in [-0.39, 0.29) is 12.3 Å². The van der Waals surface area contributed by atoms with E-state index in [0.29, 0.717) is 5.56 Å². The molecular formula is C15H16N2O3. The lowest BCUT2D eigenvalue weighted by molar-refractivity contribution is 0.0970. The fourth-order valence-corrected chi connectivity index (χ4v) is 1.99. The van der Waals surface area contributed by atoms with Crippen molar-refractivity contribution in [1.82, 2.24) is 9.13 Å². The summed E-state index contributed by atoms with van der Waals surface area (Å²) in [5.74, 6) is -0.179. The first kappa shape index (κ1) is 14.0. The molecule has 0 unspecified atom stereocenters. The van der Waals surface area contributed by atoms with Crippen molar-refractivity contribution in [2.45, 2.75) is 20.4 Å². The number of hydrogen-bond donors (Lipinski definition) is 0. The lowest BCUT2D eigenvalue weighted by Crippen LogP contribution is -2.40. The van der Waals surface area contributed by atoms with Crippen LogP contribution in [-0.4, -0.2) is 14.9 Å². The van der Waals surface area contributed by atoms with Crippen LogP contribution < -0.4 is 11.1 Å². The molecular weight excluding hydrogens is 256 g/mol. The van der Waals surface area contributed by atoms with Crippen molar-refractivity contribution in [3.05, 3.63) is 68.0 Å². The quantitative estimate of drug-likeness (QED) is 0.619. The monoisotopic (exact) mass is 272 g/mol. The predicted octanol–water partition coefficient (Wildman–Crippen LogP) is 1.05. The third-order valence-corrected chi connectivity index (χ3v) is 3.24. The van der Waals surface area contributed by atoms with Crippen molar-refractivity contribution in [1.29, 1.82) is 0 Å². The zero-order valence-electron chi connectivity index (χ0n) is 11.7. The van der Waals surface area contributed by atoms with Gasteiger partial charge in [-0.1, -0.05) is 17.7 Å². The van der Waals surface area contributed by atoms with Gasteiger partial charge in [-0.15, -0.1) is 0 Å². The summed E-state index contributed by atoms with van der Waals surface area (Å²) in [6.45, 7) is 3.62. The third-order valence-electron chi connectivity index (χ3n) is 3.24. The number of rotatable bonds is 3. The van der Waals surface area contributed by atoms with Crippen LogP contribution in [0.25, 0.3) is 0 Å². The average Bonchev–Trinajstić information content (AvgIpc) is 2.42. The molecule has 0 aliphatic rings. The standard InChI is InChI=1S/C15H16N2O3/c1-10-4-5-11(2)12(8-10)13(18)9-17-7-6-16(3)14(19)15(17)20/h4-8H,9H2,1-3H3. The highest BCUT2D eigenvalue weighted by atomic mass is 16.2. The number of carbonyl (C=O) groups excluding carboxylic acids is 1. The zero-order valence-corrected chi connectivity index (χ0v) is 11.7. The van der Waals surface area contributed by atoms with Gasteiger partial charge in [0.05, 0.1) is 6.54 Å². The van der Waals surface area contributed by atoms with Crippen molar-refractivity contribution in [3.8, 4) is 0 Å². The van der Waals surface area contributed by atoms with Gasteiger partial charge in [0.2, 0.25) is 0 Å². The molecule has 20 heavy (non-hydrogen) atoms. The number of ketones is 1. The maximum atomic E-state index is 12.3. The minimum absolute atomic E-state index is 0.126. The summed E-state index contributed by atoms with van der Waals surface area (Å²) in [5.41, 5.74) is 1.10. The van der Waals surface area contributed by atoms with Gasteiger partial charge in [0, 0.05) is 25.0 Å². The molecule has 0 amide bonds. The van der Waals surface area contributed by atoms with E-state index < -0.39 is 11.1 Å². The van der Waals surface area contributed by atoms with E-state index in [2.05, 4.69) is 0 Å². The van der Waals surface area contributed by atoms with E-state index in [9.17, 15) is 14.4 Å². The van der Waals surface area contributed by atoms with Crippen LogP contribution in [0.2, 0.25) is 0 Å². The molecule has 2 rings (SSSR count). The summed E-state index contributed by atoms with van der Waals surface area (Å²) < 4.78 is 2.34. The van der Waals surface area contributed by atoms with Gasteiger partial charge in [0.1, 0.15) is 0 Å². The molecule has 0 atom stereocenters. The Morgan fingerprint density at radius 3 is 2.50 bits per heavy atom. The second-order valence-corrected chi connectivity index (χ2v) is 4.89. The average molecular weight is 272 g/mol. The molecule has 5 nitrogen and oxygen atoms in total. The van der Waals surface area contributed by atoms with Crippen molar-refractivity contribution in [3.63, 3.8) is 0 Å². The summed E-state index contributed by atoms with van der Waals surface area (Å²) in [6.07, 6.45) is 2.92. The number of nitrogens with zero attached hydrogens (tertiary/aromatic N) is 2. The van der Waals surface area contributed by atoms with Crippen molar-refractivity contribution in [2.24, 2.45) is 7.05 Å². The predicted molar refractivity (Wildman–Crippen MR) is 76.2 cm³/mol. The van der Waals surface area contributed by atoms with Gasteiger partial charge in [-0.3, -0.25) is 14.4 Å². The van der Waals surface area contributed by atoms with Crippen LogP contribution in [-0.2, 0) is 13.6 Å². The van der Waals surface area contributed by atoms with Crippen LogP contribution in [0.5, 0.6) is 0 Å². The summed E-state index contributed by atoms with van der Waals surface area (Å²) in [6, 6.07) is 5.59. The lowest BCUT2D eigenvalue weighted by atomic mass is 10.0. The third kappa shape index (κ3) is 2.61. The van der Waals surface area contributed by atoms with Gasteiger partial charge >= 0.3 is 11.1 Å². The Balaban J connectivity index is 2.38. The molecule has 0 aliphatic carbocycles. The van der Waals surface area contributed by atoms with Gasteiger partial charge < -0.3 is 9.13 Å². The van der Waals surface area contributed by atoms with E-state index in [1.54, 1.807) is 6.07 Å². The Hall–Kier alpha value is -2.43. The number of benzene rings is 1. The number of Topliss-reactive ketones (excluding diaryl/α,β-unsaturated/α-hetero) is 1. The minimum atomic E-state index is -0.686. The van der Waals surface area contributed by atoms with E-state index in [0.717, 1.165) is 15.7 Å². The van der Waals surface area contributed by atoms with Crippen molar-refractivity contribution >= 4 is 5.78 Å². The van der Waals surface area contributed by atoms with Crippen molar-refractivity contribution in [2.75, 3.05) is 0 Å². The Bertz CT molecular complexity index is 784. The fourth-order valence-electron chi connectivity index (χ4n) is 1.99. The molecule has 0 saturated heterocycles. The van der Waals surface area contributed by atoms with Crippen LogP contribution in [0, 0.1) is 13.8 Å². The highest BCUT2D eigenvalue weighted by Crippen LogP contribution is 2.11. The van der Waals surface area contributed by atoms with Gasteiger partial charge in [0.25, 0.3) is 0 Å². The number of hydrogen-bond acceptors (Lipinski definition) is 3. The smallest absolute Gasteiger partial charge is 0.312 e. The molecule has 0 aliphatic heterocycles. The van der Waals surface area contributed by atoms with Crippen LogP contribution in [0.15, 0.2) is 40.2 Å². The maximum Gasteiger partial charge on any atom is 0.316 e. The van der Waals surface area contributed by atoms with Crippen LogP contribution >= 0.6 is 0 Å². The minimum Gasteiger partial charge on any atom is -0.312 e. The van der Waals surface area contributed by atoms with Crippen LogP contribution in [0.3, 0.4) is 0 Å². The van der Waals surface area contributed by atoms with Crippen LogP contribution in [0.4, 0.5) is 0 Å². The molecule has 1 heterocycles. The molecule has 0 radical (unpaired) electrons. The molecule has 0 fully saturated rings. The van der Waals surface area contributed by atoms with Gasteiger partial charge in [-0.25, -0.2) is 0 Å². The zero-order chi connectivity index (χ0) is 14.9. The maximum absolute atomic E-state index is 12.3. The summed E-state index contributed by atoms with van der Waals surface area (Å²) in [7, 11) is 1.50. The van der Waals surface area contributed by atoms with Gasteiger partial charge in [-0.05, 0) is 25.5 Å². The largest absolute Gasteiger partial charge is 0.316 e. The molecule has 0 bridgehead atoms. The fraction of sp³-hybridized carbons (Fsp3) is 0.267. The van der Waals surface area contributed by atoms with Crippen molar-refractivity contribution < 1.29 is 4.79 Å². The molecule has 0 spiro atoms. The first-order chi connectivity index (χ1) is 9.40. The van der Waals surface area contributed by atoms with E-state index >= 15 is 0 Å². The SMILES string of the molecule is Cc1ccc(C)c(C(=O)Cn2ccn(C)c(=O)c2=O)c1. The first-order valence-corrected chi connectivity index (χ1v) is 6.26. The molecule has 5 heteroatoms. The second kappa shape index (κ2) is 5.28. The highest BCUT2D eigenvalue weighted by Gasteiger charge is 2.12. The van der Waals surface area contributed by atoms with E-state index in [1.807, 2.05) is 26.0 Å². The molecule has 0 N–H and O–H groups in total. The second-order valence-electron chi connectivity index (χ2n) is 4.89. The Morgan fingerprint density at radius 2 is 1.80 bits per heavy atom. The van der Waals surface area contributed by atoms with Gasteiger partial charge in [-0.2, -0.15) is 0 Å². The van der Waals surface area contributed by atoms with Crippen LogP contribution in [0.1, 0.15) is 21.5 Å². The topological polar surface area (TPSA) is 61.1 Å². The first-order valence-electron chi connectivity index (χ1n) is 6.26. The normalized spacial score (nSPS) is 10.6. The van der Waals surface area contributed by atoms with E-state index in [4.69, 9.17) is 0 Å². The summed E-state index contributed by atoms with van der Waals surface area (Å²) >= 11 is 0. The summed E-state index contributed by atoms with van der Waals surface area (Å²) in [5, 5.41) is 0. The number of aromatic nitrogens is 2. The molecule has 0 saturated carbocycles. The molecule has 1 aromatic carbocycles. The molecule has 1 aromatic heterocycles. The number of carbonyl (C=O) groups is 1. The summed E-state index contributed by atoms with van der Waals surface area (Å²) in [4.78, 5) is 35.6. The lowest BCUT2D eigenvalue weighted by Gasteiger charge is -2.08. The van der Waals surface area contributed by atoms with Gasteiger partial charge in [0.15, 0.2) is 5.78 Å². The highest BCUT2D eigenvalue weighted by molar-refractivity contribution is 5.97.